The second-order valence-electron chi connectivity index (χ2n) is 8.66. The molecule has 2 aliphatic rings. The van der Waals surface area contributed by atoms with Crippen molar-refractivity contribution in [3.05, 3.63) is 53.1 Å². The maximum Gasteiger partial charge on any atom is 0.115 e. The van der Waals surface area contributed by atoms with Crippen LogP contribution in [-0.2, 0) is 11.0 Å². The SMILES string of the molecule is Cc1cccc2c1N1[C@@H](C)c3ncncc3C1(C)C(C)(C)C2(C)C. The van der Waals surface area contributed by atoms with Gasteiger partial charge >= 0.3 is 0 Å². The first-order valence-electron chi connectivity index (χ1n) is 8.85. The molecule has 2 aromatic rings. The first-order valence-corrected chi connectivity index (χ1v) is 8.85. The lowest BCUT2D eigenvalue weighted by Crippen LogP contribution is -2.62. The van der Waals surface area contributed by atoms with E-state index in [1.165, 1.54) is 28.1 Å². The summed E-state index contributed by atoms with van der Waals surface area (Å²) >= 11 is 0. The number of benzene rings is 1. The van der Waals surface area contributed by atoms with Gasteiger partial charge in [-0.1, -0.05) is 45.9 Å². The fourth-order valence-corrected chi connectivity index (χ4v) is 5.17. The highest BCUT2D eigenvalue weighted by atomic mass is 15.3. The summed E-state index contributed by atoms with van der Waals surface area (Å²) in [6.07, 6.45) is 3.73. The number of nitrogens with zero attached hydrogens (tertiary/aromatic N) is 3. The van der Waals surface area contributed by atoms with Crippen LogP contribution in [0.3, 0.4) is 0 Å². The van der Waals surface area contributed by atoms with Crippen molar-refractivity contribution in [2.75, 3.05) is 4.90 Å². The Hall–Kier alpha value is -1.90. The molecule has 1 unspecified atom stereocenters. The zero-order valence-electron chi connectivity index (χ0n) is 15.8. The van der Waals surface area contributed by atoms with Crippen LogP contribution < -0.4 is 4.90 Å². The van der Waals surface area contributed by atoms with Crippen LogP contribution in [0.25, 0.3) is 0 Å². The standard InChI is InChI=1S/C21H27N3/c1-13-9-8-10-15-18(13)24-14(2)17-16(11-22-12-23-17)21(24,7)20(5,6)19(15,3)4/h8-12,14H,1-7H3/t14-,21?/m0/s1. The summed E-state index contributed by atoms with van der Waals surface area (Å²) in [7, 11) is 0. The zero-order chi connectivity index (χ0) is 17.5. The van der Waals surface area contributed by atoms with Crippen LogP contribution in [0, 0.1) is 12.3 Å². The minimum Gasteiger partial charge on any atom is -0.353 e. The number of fused-ring (bicyclic) bond motifs is 5. The summed E-state index contributed by atoms with van der Waals surface area (Å²) in [4.78, 5) is 11.7. The van der Waals surface area contributed by atoms with Crippen LogP contribution in [0.4, 0.5) is 5.69 Å². The summed E-state index contributed by atoms with van der Waals surface area (Å²) < 4.78 is 0. The fourth-order valence-electron chi connectivity index (χ4n) is 5.17. The molecule has 0 amide bonds. The van der Waals surface area contributed by atoms with Gasteiger partial charge < -0.3 is 4.90 Å². The van der Waals surface area contributed by atoms with Gasteiger partial charge in [-0.2, -0.15) is 0 Å². The maximum atomic E-state index is 4.67. The van der Waals surface area contributed by atoms with E-state index in [9.17, 15) is 0 Å². The molecule has 0 saturated heterocycles. The lowest BCUT2D eigenvalue weighted by molar-refractivity contribution is 0.0650. The summed E-state index contributed by atoms with van der Waals surface area (Å²) in [6, 6.07) is 6.99. The average molecular weight is 321 g/mol. The zero-order valence-corrected chi connectivity index (χ0v) is 15.8. The molecule has 3 heteroatoms. The van der Waals surface area contributed by atoms with E-state index in [1.54, 1.807) is 6.33 Å². The molecule has 0 N–H and O–H groups in total. The van der Waals surface area contributed by atoms with Crippen LogP contribution in [0.1, 0.15) is 70.0 Å². The van der Waals surface area contributed by atoms with Gasteiger partial charge in [0.05, 0.1) is 17.3 Å². The molecule has 4 rings (SSSR count). The molecule has 3 heterocycles. The van der Waals surface area contributed by atoms with Crippen molar-refractivity contribution in [3.63, 3.8) is 0 Å². The highest BCUT2D eigenvalue weighted by Gasteiger charge is 2.64. The summed E-state index contributed by atoms with van der Waals surface area (Å²) in [5, 5.41) is 0. The Morgan fingerprint density at radius 1 is 1.04 bits per heavy atom. The number of aryl methyl sites for hydroxylation is 1. The van der Waals surface area contributed by atoms with Crippen molar-refractivity contribution in [1.29, 1.82) is 0 Å². The fraction of sp³-hybridized carbons (Fsp3) is 0.524. The van der Waals surface area contributed by atoms with E-state index >= 15 is 0 Å². The molecule has 0 bridgehead atoms. The van der Waals surface area contributed by atoms with Gasteiger partial charge in [0.25, 0.3) is 0 Å². The lowest BCUT2D eigenvalue weighted by Gasteiger charge is -2.62. The van der Waals surface area contributed by atoms with E-state index in [-0.39, 0.29) is 22.4 Å². The van der Waals surface area contributed by atoms with Gasteiger partial charge in [-0.15, -0.1) is 0 Å². The predicted molar refractivity (Wildman–Crippen MR) is 98.3 cm³/mol. The maximum absolute atomic E-state index is 4.67. The molecule has 1 aromatic heterocycles. The first-order chi connectivity index (χ1) is 11.2. The summed E-state index contributed by atoms with van der Waals surface area (Å²) in [5.74, 6) is 0. The molecular formula is C21H27N3. The van der Waals surface area contributed by atoms with Crippen molar-refractivity contribution < 1.29 is 0 Å². The molecule has 3 nitrogen and oxygen atoms in total. The van der Waals surface area contributed by atoms with Crippen LogP contribution in [-0.4, -0.2) is 9.97 Å². The number of para-hydroxylation sites is 1. The molecule has 1 aromatic carbocycles. The molecule has 0 saturated carbocycles. The number of anilines is 1. The van der Waals surface area contributed by atoms with E-state index < -0.39 is 0 Å². The monoisotopic (exact) mass is 321 g/mol. The molecule has 0 fully saturated rings. The Morgan fingerprint density at radius 2 is 1.75 bits per heavy atom. The van der Waals surface area contributed by atoms with Gasteiger partial charge in [0.2, 0.25) is 0 Å². The Balaban J connectivity index is 2.15. The molecule has 0 radical (unpaired) electrons. The third-order valence-electron chi connectivity index (χ3n) is 7.46. The largest absolute Gasteiger partial charge is 0.353 e. The molecule has 0 aliphatic carbocycles. The van der Waals surface area contributed by atoms with E-state index in [0.717, 1.165) is 0 Å². The Labute approximate surface area is 145 Å². The lowest BCUT2D eigenvalue weighted by atomic mass is 9.51. The third-order valence-corrected chi connectivity index (χ3v) is 7.46. The Kier molecular flexibility index (Phi) is 2.85. The molecular weight excluding hydrogens is 294 g/mol. The molecule has 0 spiro atoms. The summed E-state index contributed by atoms with van der Waals surface area (Å²) in [6.45, 7) is 16.5. The minimum absolute atomic E-state index is 0.0189. The van der Waals surface area contributed by atoms with Gasteiger partial charge in [0.1, 0.15) is 6.33 Å². The first kappa shape index (κ1) is 15.6. The topological polar surface area (TPSA) is 29.0 Å². The van der Waals surface area contributed by atoms with Crippen LogP contribution in [0.15, 0.2) is 30.7 Å². The van der Waals surface area contributed by atoms with Gasteiger partial charge in [-0.05, 0) is 37.3 Å². The highest BCUT2D eigenvalue weighted by Crippen LogP contribution is 2.66. The van der Waals surface area contributed by atoms with E-state index in [2.05, 4.69) is 81.5 Å². The van der Waals surface area contributed by atoms with Crippen molar-refractivity contribution >= 4 is 5.69 Å². The minimum atomic E-state index is -0.133. The predicted octanol–water partition coefficient (Wildman–Crippen LogP) is 4.90. The van der Waals surface area contributed by atoms with Crippen LogP contribution in [0.5, 0.6) is 0 Å². The molecule has 2 aliphatic heterocycles. The molecule has 126 valence electrons. The Morgan fingerprint density at radius 3 is 2.46 bits per heavy atom. The van der Waals surface area contributed by atoms with Crippen molar-refractivity contribution in [3.8, 4) is 0 Å². The Bertz CT molecular complexity index is 837. The van der Waals surface area contributed by atoms with E-state index in [1.807, 2.05) is 6.20 Å². The van der Waals surface area contributed by atoms with Gasteiger partial charge in [-0.25, -0.2) is 9.97 Å². The van der Waals surface area contributed by atoms with Crippen molar-refractivity contribution in [1.82, 2.24) is 9.97 Å². The van der Waals surface area contributed by atoms with Crippen LogP contribution in [0.2, 0.25) is 0 Å². The quantitative estimate of drug-likeness (QED) is 0.691. The van der Waals surface area contributed by atoms with Crippen LogP contribution >= 0.6 is 0 Å². The molecule has 2 atom stereocenters. The van der Waals surface area contributed by atoms with Crippen molar-refractivity contribution in [2.45, 2.75) is 65.5 Å². The van der Waals surface area contributed by atoms with Gasteiger partial charge in [0.15, 0.2) is 0 Å². The van der Waals surface area contributed by atoms with E-state index in [0.29, 0.717) is 0 Å². The second kappa shape index (κ2) is 4.38. The number of hydrogen-bond acceptors (Lipinski definition) is 3. The normalized spacial score (nSPS) is 29.0. The second-order valence-corrected chi connectivity index (χ2v) is 8.66. The number of rotatable bonds is 0. The summed E-state index contributed by atoms with van der Waals surface area (Å²) in [5.41, 5.74) is 6.55. The molecule has 24 heavy (non-hydrogen) atoms. The average Bonchev–Trinajstić information content (AvgIpc) is 2.77. The number of hydrogen-bond donors (Lipinski definition) is 0. The number of aromatic nitrogens is 2. The van der Waals surface area contributed by atoms with Crippen molar-refractivity contribution in [2.24, 2.45) is 5.41 Å². The smallest absolute Gasteiger partial charge is 0.115 e. The van der Waals surface area contributed by atoms with Gasteiger partial charge in [0, 0.05) is 22.9 Å². The third kappa shape index (κ3) is 1.45. The van der Waals surface area contributed by atoms with E-state index in [4.69, 9.17) is 0 Å². The highest BCUT2D eigenvalue weighted by molar-refractivity contribution is 5.71. The van der Waals surface area contributed by atoms with Gasteiger partial charge in [-0.3, -0.25) is 0 Å².